The van der Waals surface area contributed by atoms with Crippen molar-refractivity contribution in [3.63, 3.8) is 0 Å². The molecule has 0 saturated heterocycles. The second kappa shape index (κ2) is 12.3. The SMILES string of the molecule is CCCCC(=O)OC1SC=C(CCCc2ccc3c(n2)NCCC3)N1c1ccc(C(=O)N(C)C)cc1. The van der Waals surface area contributed by atoms with E-state index in [-0.39, 0.29) is 11.9 Å². The summed E-state index contributed by atoms with van der Waals surface area (Å²) in [7, 11) is 3.49. The summed E-state index contributed by atoms with van der Waals surface area (Å²) < 4.78 is 5.86. The van der Waals surface area contributed by atoms with E-state index in [1.54, 1.807) is 19.0 Å². The first-order valence-electron chi connectivity index (χ1n) is 12.8. The first-order valence-corrected chi connectivity index (χ1v) is 13.8. The summed E-state index contributed by atoms with van der Waals surface area (Å²) in [4.78, 5) is 33.2. The van der Waals surface area contributed by atoms with E-state index in [0.29, 0.717) is 12.0 Å². The Balaban J connectivity index is 1.45. The second-order valence-corrected chi connectivity index (χ2v) is 10.4. The van der Waals surface area contributed by atoms with Gasteiger partial charge in [-0.25, -0.2) is 4.98 Å². The second-order valence-electron chi connectivity index (χ2n) is 9.46. The number of hydrogen-bond acceptors (Lipinski definition) is 7. The Morgan fingerprint density at radius 1 is 1.14 bits per heavy atom. The van der Waals surface area contributed by atoms with Crippen molar-refractivity contribution in [3.05, 3.63) is 64.3 Å². The Bertz CT molecular complexity index is 1100. The molecule has 0 radical (unpaired) electrons. The molecule has 1 atom stereocenters. The Kier molecular flexibility index (Phi) is 8.91. The van der Waals surface area contributed by atoms with Crippen LogP contribution in [-0.4, -0.2) is 48.0 Å². The van der Waals surface area contributed by atoms with Crippen molar-refractivity contribution in [3.8, 4) is 0 Å². The summed E-state index contributed by atoms with van der Waals surface area (Å²) in [6.45, 7) is 3.05. The lowest BCUT2D eigenvalue weighted by Crippen LogP contribution is -2.32. The number of hydrogen-bond donors (Lipinski definition) is 1. The van der Waals surface area contributed by atoms with Gasteiger partial charge in [0.25, 0.3) is 5.91 Å². The maximum atomic E-state index is 12.4. The number of anilines is 2. The number of nitrogens with one attached hydrogen (secondary N) is 1. The average Bonchev–Trinajstić information content (AvgIpc) is 3.28. The van der Waals surface area contributed by atoms with Gasteiger partial charge in [0, 0.05) is 49.7 Å². The van der Waals surface area contributed by atoms with Crippen molar-refractivity contribution in [2.75, 3.05) is 30.9 Å². The van der Waals surface area contributed by atoms with Crippen LogP contribution in [0.15, 0.2) is 47.5 Å². The van der Waals surface area contributed by atoms with Crippen molar-refractivity contribution < 1.29 is 14.3 Å². The van der Waals surface area contributed by atoms with Crippen LogP contribution in [0.5, 0.6) is 0 Å². The van der Waals surface area contributed by atoms with Crippen LogP contribution in [0.3, 0.4) is 0 Å². The summed E-state index contributed by atoms with van der Waals surface area (Å²) >= 11 is 1.52. The van der Waals surface area contributed by atoms with E-state index in [1.165, 1.54) is 17.3 Å². The minimum Gasteiger partial charge on any atom is -0.431 e. The Hall–Kier alpha value is -3.00. The van der Waals surface area contributed by atoms with Gasteiger partial charge >= 0.3 is 5.97 Å². The predicted molar refractivity (Wildman–Crippen MR) is 146 cm³/mol. The van der Waals surface area contributed by atoms with Gasteiger partial charge in [-0.05, 0) is 79.8 Å². The summed E-state index contributed by atoms with van der Waals surface area (Å²) in [5.41, 5.74) is 4.60. The van der Waals surface area contributed by atoms with E-state index < -0.39 is 5.56 Å². The molecule has 1 aromatic carbocycles. The molecule has 1 unspecified atom stereocenters. The topological polar surface area (TPSA) is 74.8 Å². The largest absolute Gasteiger partial charge is 0.431 e. The number of nitrogens with zero attached hydrogens (tertiary/aromatic N) is 3. The molecule has 0 fully saturated rings. The number of fused-ring (bicyclic) bond motifs is 1. The highest BCUT2D eigenvalue weighted by Crippen LogP contribution is 2.38. The van der Waals surface area contributed by atoms with Crippen molar-refractivity contribution in [2.45, 2.75) is 63.9 Å². The zero-order chi connectivity index (χ0) is 25.5. The summed E-state index contributed by atoms with van der Waals surface area (Å²) in [6, 6.07) is 11.9. The summed E-state index contributed by atoms with van der Waals surface area (Å²) in [6.07, 6.45) is 7.08. The number of allylic oxidation sites excluding steroid dienone is 1. The smallest absolute Gasteiger partial charge is 0.308 e. The highest BCUT2D eigenvalue weighted by atomic mass is 32.2. The van der Waals surface area contributed by atoms with Gasteiger partial charge in [0.1, 0.15) is 5.82 Å². The maximum absolute atomic E-state index is 12.4. The lowest BCUT2D eigenvalue weighted by molar-refractivity contribution is -0.145. The number of thioether (sulfide) groups is 1. The van der Waals surface area contributed by atoms with Crippen molar-refractivity contribution in [1.29, 1.82) is 0 Å². The number of amides is 1. The molecule has 192 valence electrons. The number of unbranched alkanes of at least 4 members (excludes halogenated alkanes) is 1. The minimum atomic E-state index is -0.439. The first kappa shape index (κ1) is 26.1. The summed E-state index contributed by atoms with van der Waals surface area (Å²) in [5.74, 6) is 0.810. The monoisotopic (exact) mass is 508 g/mol. The van der Waals surface area contributed by atoms with Crippen LogP contribution in [-0.2, 0) is 22.4 Å². The minimum absolute atomic E-state index is 0.0392. The van der Waals surface area contributed by atoms with Crippen LogP contribution in [0.25, 0.3) is 0 Å². The average molecular weight is 509 g/mol. The van der Waals surface area contributed by atoms with E-state index in [9.17, 15) is 9.59 Å². The number of aryl methyl sites for hydroxylation is 2. The summed E-state index contributed by atoms with van der Waals surface area (Å²) in [5, 5.41) is 5.51. The number of aromatic nitrogens is 1. The van der Waals surface area contributed by atoms with Crippen molar-refractivity contribution in [1.82, 2.24) is 9.88 Å². The highest BCUT2D eigenvalue weighted by Gasteiger charge is 2.31. The lowest BCUT2D eigenvalue weighted by atomic mass is 10.1. The number of carbonyl (C=O) groups is 2. The number of esters is 1. The van der Waals surface area contributed by atoms with Crippen LogP contribution in [0.2, 0.25) is 0 Å². The van der Waals surface area contributed by atoms with Gasteiger partial charge < -0.3 is 15.0 Å². The molecule has 2 aliphatic rings. The predicted octanol–water partition coefficient (Wildman–Crippen LogP) is 5.58. The van der Waals surface area contributed by atoms with Crippen LogP contribution in [0.1, 0.15) is 67.1 Å². The maximum Gasteiger partial charge on any atom is 0.308 e. The van der Waals surface area contributed by atoms with Gasteiger partial charge in [0.2, 0.25) is 5.56 Å². The molecule has 0 aliphatic carbocycles. The van der Waals surface area contributed by atoms with Crippen LogP contribution in [0.4, 0.5) is 11.5 Å². The number of pyridine rings is 1. The molecule has 0 saturated carbocycles. The molecule has 1 N–H and O–H groups in total. The number of carbonyl (C=O) groups excluding carboxylic acids is 2. The molecule has 3 heterocycles. The zero-order valence-electron chi connectivity index (χ0n) is 21.5. The van der Waals surface area contributed by atoms with E-state index >= 15 is 0 Å². The molecular weight excluding hydrogens is 472 g/mol. The molecule has 8 heteroatoms. The Morgan fingerprint density at radius 2 is 1.94 bits per heavy atom. The van der Waals surface area contributed by atoms with Gasteiger partial charge in [-0.2, -0.15) is 0 Å². The van der Waals surface area contributed by atoms with Gasteiger partial charge in [-0.3, -0.25) is 14.5 Å². The fourth-order valence-corrected chi connectivity index (χ4v) is 5.46. The Morgan fingerprint density at radius 3 is 2.69 bits per heavy atom. The van der Waals surface area contributed by atoms with Crippen molar-refractivity contribution in [2.24, 2.45) is 0 Å². The van der Waals surface area contributed by atoms with Crippen LogP contribution in [0, 0.1) is 0 Å². The molecule has 1 aromatic heterocycles. The van der Waals surface area contributed by atoms with E-state index in [1.807, 2.05) is 24.3 Å². The van der Waals surface area contributed by atoms with Crippen LogP contribution >= 0.6 is 11.8 Å². The standard InChI is InChI=1S/C28H36N4O3S/c1-4-5-11-25(33)35-28-32(23-16-13-21(14-17-23)27(34)31(2)3)24(19-36-28)10-6-9-22-15-12-20-8-7-18-29-26(20)30-22/h12-17,19,28H,4-11,18H2,1-3H3,(H,29,30). The van der Waals surface area contributed by atoms with Gasteiger partial charge in [0.15, 0.2) is 0 Å². The Labute approximate surface area is 218 Å². The van der Waals surface area contributed by atoms with Crippen LogP contribution < -0.4 is 10.2 Å². The molecule has 2 aliphatic heterocycles. The fourth-order valence-electron chi connectivity index (χ4n) is 4.41. The third kappa shape index (κ3) is 6.40. The highest BCUT2D eigenvalue weighted by molar-refractivity contribution is 8.03. The van der Waals surface area contributed by atoms with Gasteiger partial charge in [-0.15, -0.1) is 0 Å². The third-order valence-corrected chi connectivity index (χ3v) is 7.37. The number of benzene rings is 1. The van der Waals surface area contributed by atoms with Gasteiger partial charge in [-0.1, -0.05) is 31.2 Å². The number of rotatable bonds is 10. The molecule has 4 rings (SSSR count). The molecule has 0 spiro atoms. The lowest BCUT2D eigenvalue weighted by Gasteiger charge is -2.29. The molecular formula is C28H36N4O3S. The molecule has 0 bridgehead atoms. The van der Waals surface area contributed by atoms with E-state index in [2.05, 4.69) is 34.7 Å². The first-order chi connectivity index (χ1) is 17.5. The molecule has 36 heavy (non-hydrogen) atoms. The molecule has 1 amide bonds. The van der Waals surface area contributed by atoms with Crippen molar-refractivity contribution >= 4 is 35.1 Å². The quantitative estimate of drug-likeness (QED) is 0.420. The van der Waals surface area contributed by atoms with E-state index in [0.717, 1.165) is 74.4 Å². The number of ether oxygens (including phenoxy) is 1. The molecule has 7 nitrogen and oxygen atoms in total. The zero-order valence-corrected chi connectivity index (χ0v) is 22.3. The fraction of sp³-hybridized carbons (Fsp3) is 0.464. The van der Waals surface area contributed by atoms with E-state index in [4.69, 9.17) is 9.72 Å². The molecule has 2 aromatic rings. The van der Waals surface area contributed by atoms with Gasteiger partial charge in [0.05, 0.1) is 0 Å². The third-order valence-electron chi connectivity index (χ3n) is 6.42. The normalized spacial score (nSPS) is 16.7.